The van der Waals surface area contributed by atoms with Crippen molar-refractivity contribution < 1.29 is 14.1 Å². The zero-order valence-electron chi connectivity index (χ0n) is 18.3. The highest BCUT2D eigenvalue weighted by Gasteiger charge is 2.23. The fraction of sp³-hybridized carbons (Fsp3) is 0.304. The lowest BCUT2D eigenvalue weighted by Gasteiger charge is -2.15. The smallest absolute Gasteiger partial charge is 0.259 e. The standard InChI is InChI=1S/C23H25N5O3/c1-6-28-15(4)19(12-24-28)14(3)26-22(29)18-11-13(2)25-23-20(18)21(27-31-23)16-7-9-17(30-5)10-8-16/h7-12,14H,6H2,1-5H3,(H,26,29)/t14-/m0/s1. The lowest BCUT2D eigenvalue weighted by atomic mass is 10.0. The first-order chi connectivity index (χ1) is 14.9. The predicted molar refractivity (Wildman–Crippen MR) is 117 cm³/mol. The second-order valence-corrected chi connectivity index (χ2v) is 7.45. The number of pyridine rings is 1. The maximum Gasteiger partial charge on any atom is 0.259 e. The van der Waals surface area contributed by atoms with E-state index in [-0.39, 0.29) is 11.9 Å². The van der Waals surface area contributed by atoms with Crippen molar-refractivity contribution in [3.8, 4) is 17.0 Å². The van der Waals surface area contributed by atoms with Crippen molar-refractivity contribution in [1.82, 2.24) is 25.2 Å². The normalized spacial score (nSPS) is 12.2. The molecule has 0 unspecified atom stereocenters. The number of benzene rings is 1. The Morgan fingerprint density at radius 3 is 2.65 bits per heavy atom. The minimum absolute atomic E-state index is 0.208. The number of ether oxygens (including phenoxy) is 1. The molecule has 0 aliphatic heterocycles. The van der Waals surface area contributed by atoms with Gasteiger partial charge >= 0.3 is 0 Å². The van der Waals surface area contributed by atoms with Crippen molar-refractivity contribution in [2.45, 2.75) is 40.3 Å². The molecule has 1 aromatic carbocycles. The lowest BCUT2D eigenvalue weighted by Crippen LogP contribution is -2.27. The van der Waals surface area contributed by atoms with Crippen LogP contribution in [-0.4, -0.2) is 32.9 Å². The third-order valence-electron chi connectivity index (χ3n) is 5.44. The van der Waals surface area contributed by atoms with Gasteiger partial charge in [-0.3, -0.25) is 9.48 Å². The maximum atomic E-state index is 13.3. The summed E-state index contributed by atoms with van der Waals surface area (Å²) >= 11 is 0. The highest BCUT2D eigenvalue weighted by Crippen LogP contribution is 2.31. The van der Waals surface area contributed by atoms with Gasteiger partial charge in [0.15, 0.2) is 0 Å². The Morgan fingerprint density at radius 2 is 2.00 bits per heavy atom. The highest BCUT2D eigenvalue weighted by molar-refractivity contribution is 6.09. The third-order valence-corrected chi connectivity index (χ3v) is 5.44. The number of nitrogens with zero attached hydrogens (tertiary/aromatic N) is 4. The maximum absolute atomic E-state index is 13.3. The van der Waals surface area contributed by atoms with Gasteiger partial charge in [0.25, 0.3) is 11.6 Å². The van der Waals surface area contributed by atoms with Crippen LogP contribution in [-0.2, 0) is 6.54 Å². The van der Waals surface area contributed by atoms with Gasteiger partial charge in [0.05, 0.1) is 30.3 Å². The van der Waals surface area contributed by atoms with Gasteiger partial charge in [-0.2, -0.15) is 5.10 Å². The summed E-state index contributed by atoms with van der Waals surface area (Å²) in [4.78, 5) is 17.7. The van der Waals surface area contributed by atoms with Crippen LogP contribution in [0.1, 0.15) is 47.2 Å². The van der Waals surface area contributed by atoms with Gasteiger partial charge in [-0.05, 0) is 58.0 Å². The van der Waals surface area contributed by atoms with E-state index >= 15 is 0 Å². The quantitative estimate of drug-likeness (QED) is 0.503. The van der Waals surface area contributed by atoms with Crippen LogP contribution in [0, 0.1) is 13.8 Å². The highest BCUT2D eigenvalue weighted by atomic mass is 16.5. The van der Waals surface area contributed by atoms with E-state index in [4.69, 9.17) is 9.26 Å². The molecule has 0 spiro atoms. The van der Waals surface area contributed by atoms with Crippen LogP contribution in [0.4, 0.5) is 0 Å². The Kier molecular flexibility index (Phi) is 5.46. The second kappa shape index (κ2) is 8.22. The summed E-state index contributed by atoms with van der Waals surface area (Å²) in [6.07, 6.45) is 1.80. The molecular weight excluding hydrogens is 394 g/mol. The molecule has 8 nitrogen and oxygen atoms in total. The molecule has 0 aliphatic rings. The number of methoxy groups -OCH3 is 1. The van der Waals surface area contributed by atoms with Crippen molar-refractivity contribution in [3.05, 3.63) is 59.0 Å². The molecule has 1 N–H and O–H groups in total. The molecule has 8 heteroatoms. The van der Waals surface area contributed by atoms with E-state index in [1.54, 1.807) is 19.4 Å². The largest absolute Gasteiger partial charge is 0.497 e. The topological polar surface area (TPSA) is 95.1 Å². The van der Waals surface area contributed by atoms with Gasteiger partial charge in [0.2, 0.25) is 0 Å². The summed E-state index contributed by atoms with van der Waals surface area (Å²) in [6.45, 7) is 8.60. The number of hydrogen-bond donors (Lipinski definition) is 1. The molecule has 4 rings (SSSR count). The number of amides is 1. The Morgan fingerprint density at radius 1 is 1.26 bits per heavy atom. The van der Waals surface area contributed by atoms with E-state index in [1.165, 1.54) is 0 Å². The zero-order chi connectivity index (χ0) is 22.1. The van der Waals surface area contributed by atoms with Crippen LogP contribution in [0.3, 0.4) is 0 Å². The molecule has 3 heterocycles. The lowest BCUT2D eigenvalue weighted by molar-refractivity contribution is 0.0941. The number of hydrogen-bond acceptors (Lipinski definition) is 6. The molecule has 0 radical (unpaired) electrons. The van der Waals surface area contributed by atoms with Crippen molar-refractivity contribution in [2.75, 3.05) is 7.11 Å². The molecule has 31 heavy (non-hydrogen) atoms. The van der Waals surface area contributed by atoms with Crippen molar-refractivity contribution in [2.24, 2.45) is 0 Å². The zero-order valence-corrected chi connectivity index (χ0v) is 18.3. The number of nitrogens with one attached hydrogen (secondary N) is 1. The Balaban J connectivity index is 1.72. The Labute approximate surface area is 180 Å². The first kappa shape index (κ1) is 20.6. The SMILES string of the molecule is CCn1ncc([C@H](C)NC(=O)c2cc(C)nc3onc(-c4ccc(OC)cc4)c23)c1C. The Bertz CT molecular complexity index is 1240. The number of carbonyl (C=O) groups is 1. The van der Waals surface area contributed by atoms with E-state index in [0.29, 0.717) is 28.1 Å². The van der Waals surface area contributed by atoms with E-state index in [0.717, 1.165) is 29.1 Å². The molecule has 4 aromatic rings. The number of aryl methyl sites for hydroxylation is 2. The molecule has 0 saturated heterocycles. The molecule has 0 saturated carbocycles. The van der Waals surface area contributed by atoms with Crippen molar-refractivity contribution in [3.63, 3.8) is 0 Å². The molecule has 1 amide bonds. The van der Waals surface area contributed by atoms with Crippen molar-refractivity contribution >= 4 is 17.0 Å². The van der Waals surface area contributed by atoms with E-state index in [2.05, 4.69) is 20.6 Å². The molecular formula is C23H25N5O3. The predicted octanol–water partition coefficient (Wildman–Crippen LogP) is 4.22. The monoisotopic (exact) mass is 419 g/mol. The van der Waals surface area contributed by atoms with E-state index in [1.807, 2.05) is 56.6 Å². The number of aromatic nitrogens is 4. The van der Waals surface area contributed by atoms with Gasteiger partial charge in [0, 0.05) is 29.1 Å². The molecule has 0 fully saturated rings. The first-order valence-corrected chi connectivity index (χ1v) is 10.2. The summed E-state index contributed by atoms with van der Waals surface area (Å²) in [5.74, 6) is 0.518. The molecule has 0 bridgehead atoms. The van der Waals surface area contributed by atoms with Gasteiger partial charge < -0.3 is 14.6 Å². The fourth-order valence-corrected chi connectivity index (χ4v) is 3.76. The molecule has 1 atom stereocenters. The minimum Gasteiger partial charge on any atom is -0.497 e. The summed E-state index contributed by atoms with van der Waals surface area (Å²) in [5.41, 5.74) is 4.89. The third kappa shape index (κ3) is 3.76. The summed E-state index contributed by atoms with van der Waals surface area (Å²) in [7, 11) is 1.61. The van der Waals surface area contributed by atoms with Gasteiger partial charge in [-0.1, -0.05) is 5.16 Å². The van der Waals surface area contributed by atoms with Crippen LogP contribution in [0.25, 0.3) is 22.4 Å². The minimum atomic E-state index is -0.218. The number of rotatable bonds is 6. The molecule has 160 valence electrons. The average molecular weight is 419 g/mol. The van der Waals surface area contributed by atoms with E-state index in [9.17, 15) is 4.79 Å². The van der Waals surface area contributed by atoms with Crippen molar-refractivity contribution in [1.29, 1.82) is 0 Å². The molecule has 0 aliphatic carbocycles. The van der Waals surface area contributed by atoms with Crippen LogP contribution < -0.4 is 10.1 Å². The number of fused-ring (bicyclic) bond motifs is 1. The summed E-state index contributed by atoms with van der Waals surface area (Å²) < 4.78 is 12.6. The second-order valence-electron chi connectivity index (χ2n) is 7.45. The van der Waals surface area contributed by atoms with Gasteiger partial charge in [-0.15, -0.1) is 0 Å². The molecule has 3 aromatic heterocycles. The van der Waals surface area contributed by atoms with Crippen LogP contribution in [0.5, 0.6) is 5.75 Å². The van der Waals surface area contributed by atoms with Crippen LogP contribution in [0.2, 0.25) is 0 Å². The van der Waals surface area contributed by atoms with Gasteiger partial charge in [0.1, 0.15) is 11.4 Å². The van der Waals surface area contributed by atoms with Crippen LogP contribution >= 0.6 is 0 Å². The first-order valence-electron chi connectivity index (χ1n) is 10.2. The van der Waals surface area contributed by atoms with Gasteiger partial charge in [-0.25, -0.2) is 4.98 Å². The average Bonchev–Trinajstić information content (AvgIpc) is 3.36. The van der Waals surface area contributed by atoms with Crippen LogP contribution in [0.15, 0.2) is 41.1 Å². The Hall–Kier alpha value is -3.68. The summed E-state index contributed by atoms with van der Waals surface area (Å²) in [6, 6.07) is 8.99. The summed E-state index contributed by atoms with van der Waals surface area (Å²) in [5, 5.41) is 12.3. The van der Waals surface area contributed by atoms with E-state index < -0.39 is 0 Å². The fourth-order valence-electron chi connectivity index (χ4n) is 3.76. The number of carbonyl (C=O) groups excluding carboxylic acids is 1.